The summed E-state index contributed by atoms with van der Waals surface area (Å²) >= 11 is 7.92. The molecule has 3 aromatic carbocycles. The van der Waals surface area contributed by atoms with Gasteiger partial charge in [-0.15, -0.1) is 0 Å². The Bertz CT molecular complexity index is 1400. The van der Waals surface area contributed by atoms with Gasteiger partial charge in [-0.3, -0.25) is 0 Å². The van der Waals surface area contributed by atoms with Gasteiger partial charge < -0.3 is 0 Å². The first-order valence-corrected chi connectivity index (χ1v) is 14.0. The Balaban J connectivity index is 1.58. The molecule has 3 aromatic rings. The number of carboxylic acids is 1. The Morgan fingerprint density at radius 3 is 2.45 bits per heavy atom. The third-order valence-corrected chi connectivity index (χ3v) is 9.98. The minimum absolute atomic E-state index is 0.0153. The number of carboxylic acid groups (broad SMARTS) is 1. The minimum atomic E-state index is -3.94. The molecule has 6 nitrogen and oxygen atoms in total. The van der Waals surface area contributed by atoms with E-state index in [1.54, 1.807) is 12.1 Å². The van der Waals surface area contributed by atoms with Crippen LogP contribution in [0.2, 0.25) is 5.02 Å². The van der Waals surface area contributed by atoms with E-state index in [0.29, 0.717) is 32.1 Å². The number of carbonyl (C=O) groups excluding carboxylic acids is 1. The van der Waals surface area contributed by atoms with Crippen LogP contribution in [0.3, 0.4) is 0 Å². The Hall–Kier alpha value is -2.19. The summed E-state index contributed by atoms with van der Waals surface area (Å²) in [6, 6.07) is 12.8. The van der Waals surface area contributed by atoms with Crippen molar-refractivity contribution >= 4 is 73.9 Å². The summed E-state index contributed by atoms with van der Waals surface area (Å²) in [7, 11) is -3.94. The number of anilines is 1. The van der Waals surface area contributed by atoms with Crippen molar-refractivity contribution in [2.45, 2.75) is 11.3 Å². The van der Waals surface area contributed by atoms with Crippen molar-refractivity contribution in [2.75, 3.05) is 10.8 Å². The van der Waals surface area contributed by atoms with Crippen LogP contribution in [0.5, 0.6) is 0 Å². The number of halogens is 3. The molecule has 1 radical (unpaired) electrons. The fourth-order valence-electron chi connectivity index (χ4n) is 3.45. The van der Waals surface area contributed by atoms with E-state index in [4.69, 9.17) is 11.6 Å². The molecule has 11 heteroatoms. The molecule has 0 fully saturated rings. The zero-order valence-corrected chi connectivity index (χ0v) is 21.7. The van der Waals surface area contributed by atoms with Crippen LogP contribution in [-0.2, 0) is 16.4 Å². The van der Waals surface area contributed by atoms with E-state index in [0.717, 1.165) is 0 Å². The number of nitrogens with zero attached hydrogens (tertiary/aromatic N) is 1. The SMILES string of the molecule is O=C([As]c1ccc(Br)cc1C(=O)O)c1ccc(S(=O)(=O)N2CCc3cc(F)c(Cl)cc32)cc1. The van der Waals surface area contributed by atoms with E-state index in [1.165, 1.54) is 46.8 Å². The van der Waals surface area contributed by atoms with Gasteiger partial charge in [-0.25, -0.2) is 0 Å². The van der Waals surface area contributed by atoms with Gasteiger partial charge in [0.15, 0.2) is 0 Å². The van der Waals surface area contributed by atoms with Gasteiger partial charge in [-0.2, -0.15) is 0 Å². The standard InChI is InChI=1S/C22H14AsBrClFNO5S/c24-14-3-6-17(16(10-14)22(29)30)23-21(28)12-1-4-15(5-2-12)33(31,32)27-8-7-13-9-19(26)18(25)11-20(13)27/h1-6,9-11H,7-8H2,(H,29,30). The molecule has 0 bridgehead atoms. The average Bonchev–Trinajstić information content (AvgIpc) is 3.18. The fraction of sp³-hybridized carbons (Fsp3) is 0.0909. The van der Waals surface area contributed by atoms with Crippen LogP contribution < -0.4 is 8.66 Å². The second kappa shape index (κ2) is 9.22. The summed E-state index contributed by atoms with van der Waals surface area (Å²) in [5.41, 5.74) is 1.24. The zero-order chi connectivity index (χ0) is 23.9. The second-order valence-corrected chi connectivity index (χ2v) is 12.6. The number of sulfonamides is 1. The number of carbonyl (C=O) groups is 2. The first-order chi connectivity index (χ1) is 15.6. The molecule has 0 saturated carbocycles. The fourth-order valence-corrected chi connectivity index (χ4v) is 7.41. The molecule has 1 N–H and O–H groups in total. The molecular formula is C22H14AsBrClFNO5S. The molecule has 0 unspecified atom stereocenters. The third-order valence-electron chi connectivity index (χ3n) is 5.07. The summed E-state index contributed by atoms with van der Waals surface area (Å²) in [6.45, 7) is 0.157. The van der Waals surface area contributed by atoms with Gasteiger partial charge in [0, 0.05) is 0 Å². The molecule has 0 atom stereocenters. The van der Waals surface area contributed by atoms with Crippen LogP contribution >= 0.6 is 27.5 Å². The summed E-state index contributed by atoms with van der Waals surface area (Å²) in [5.74, 6) is -1.72. The zero-order valence-electron chi connectivity index (χ0n) is 16.6. The molecular weight excluding hydrogens is 600 g/mol. The van der Waals surface area contributed by atoms with Gasteiger partial charge in [-0.05, 0) is 0 Å². The molecule has 1 aliphatic rings. The van der Waals surface area contributed by atoms with Gasteiger partial charge >= 0.3 is 210 Å². The van der Waals surface area contributed by atoms with Crippen LogP contribution in [0, 0.1) is 5.82 Å². The molecule has 0 saturated heterocycles. The van der Waals surface area contributed by atoms with Crippen molar-refractivity contribution in [3.05, 3.63) is 86.6 Å². The van der Waals surface area contributed by atoms with Crippen molar-refractivity contribution in [3.8, 4) is 0 Å². The van der Waals surface area contributed by atoms with Crippen molar-refractivity contribution in [2.24, 2.45) is 0 Å². The van der Waals surface area contributed by atoms with Gasteiger partial charge in [-0.1, -0.05) is 0 Å². The quantitative estimate of drug-likeness (QED) is 0.427. The predicted molar refractivity (Wildman–Crippen MR) is 127 cm³/mol. The number of aromatic carboxylic acids is 1. The molecule has 169 valence electrons. The Morgan fingerprint density at radius 1 is 1.09 bits per heavy atom. The first-order valence-electron chi connectivity index (χ1n) is 9.47. The number of benzene rings is 3. The third kappa shape index (κ3) is 4.73. The topological polar surface area (TPSA) is 91.7 Å². The van der Waals surface area contributed by atoms with E-state index in [1.807, 2.05) is 0 Å². The van der Waals surface area contributed by atoms with Crippen LogP contribution in [0.25, 0.3) is 0 Å². The maximum atomic E-state index is 13.7. The van der Waals surface area contributed by atoms with Crippen LogP contribution in [-0.4, -0.2) is 46.4 Å². The number of hydrogen-bond donors (Lipinski definition) is 1. The molecule has 0 amide bonds. The molecule has 0 aromatic heterocycles. The average molecular weight is 614 g/mol. The van der Waals surface area contributed by atoms with Crippen molar-refractivity contribution in [1.29, 1.82) is 0 Å². The molecule has 0 aliphatic carbocycles. The van der Waals surface area contributed by atoms with Gasteiger partial charge in [0.1, 0.15) is 0 Å². The normalized spacial score (nSPS) is 13.5. The molecule has 1 aliphatic heterocycles. The Morgan fingerprint density at radius 2 is 1.79 bits per heavy atom. The Kier molecular flexibility index (Phi) is 6.69. The Labute approximate surface area is 209 Å². The molecule has 33 heavy (non-hydrogen) atoms. The van der Waals surface area contributed by atoms with E-state index < -0.39 is 37.6 Å². The summed E-state index contributed by atoms with van der Waals surface area (Å²) in [4.78, 5) is 24.2. The monoisotopic (exact) mass is 612 g/mol. The number of fused-ring (bicyclic) bond motifs is 1. The second-order valence-electron chi connectivity index (χ2n) is 7.13. The van der Waals surface area contributed by atoms with E-state index >= 15 is 0 Å². The van der Waals surface area contributed by atoms with Crippen LogP contribution in [0.4, 0.5) is 10.1 Å². The summed E-state index contributed by atoms with van der Waals surface area (Å²) in [6.07, 6.45) is 0.363. The summed E-state index contributed by atoms with van der Waals surface area (Å²) in [5, 5.41) is 9.23. The van der Waals surface area contributed by atoms with Gasteiger partial charge in [0.05, 0.1) is 0 Å². The first kappa shape index (κ1) is 23.9. The van der Waals surface area contributed by atoms with Crippen LogP contribution in [0.15, 0.2) is 64.0 Å². The predicted octanol–water partition coefficient (Wildman–Crippen LogP) is 3.86. The molecule has 0 spiro atoms. The molecule has 4 rings (SSSR count). The van der Waals surface area contributed by atoms with Crippen molar-refractivity contribution in [1.82, 2.24) is 0 Å². The van der Waals surface area contributed by atoms with Gasteiger partial charge in [0.25, 0.3) is 0 Å². The van der Waals surface area contributed by atoms with Crippen molar-refractivity contribution in [3.63, 3.8) is 0 Å². The van der Waals surface area contributed by atoms with E-state index in [9.17, 15) is 27.5 Å². The maximum absolute atomic E-state index is 13.7. The summed E-state index contributed by atoms with van der Waals surface area (Å²) < 4.78 is 42.0. The number of hydrogen-bond acceptors (Lipinski definition) is 4. The van der Waals surface area contributed by atoms with E-state index in [-0.39, 0.29) is 26.6 Å². The van der Waals surface area contributed by atoms with Crippen molar-refractivity contribution < 1.29 is 27.5 Å². The molecule has 1 heterocycles. The van der Waals surface area contributed by atoms with E-state index in [2.05, 4.69) is 15.9 Å². The number of rotatable bonds is 6. The van der Waals surface area contributed by atoms with Crippen LogP contribution in [0.1, 0.15) is 26.3 Å². The van der Waals surface area contributed by atoms with Gasteiger partial charge in [0.2, 0.25) is 0 Å².